The number of hydrogen-bond acceptors (Lipinski definition) is 2. The topological polar surface area (TPSA) is 46.9 Å². The zero-order valence-corrected chi connectivity index (χ0v) is 11.0. The van der Waals surface area contributed by atoms with Crippen LogP contribution in [0, 0.1) is 11.7 Å². The first-order valence-corrected chi connectivity index (χ1v) is 6.42. The molecule has 0 spiro atoms. The summed E-state index contributed by atoms with van der Waals surface area (Å²) in [4.78, 5) is 10.9. The summed E-state index contributed by atoms with van der Waals surface area (Å²) < 4.78 is 15.8. The number of halogens is 1. The summed E-state index contributed by atoms with van der Waals surface area (Å²) >= 11 is 0. The van der Waals surface area contributed by atoms with Crippen LogP contribution in [0.3, 0.4) is 0 Å². The van der Waals surface area contributed by atoms with Crippen molar-refractivity contribution in [1.82, 2.24) is 15.1 Å². The van der Waals surface area contributed by atoms with E-state index in [0.29, 0.717) is 12.5 Å². The van der Waals surface area contributed by atoms with Gasteiger partial charge in [0.15, 0.2) is 0 Å². The monoisotopic (exact) mass is 261 g/mol. The van der Waals surface area contributed by atoms with Crippen LogP contribution >= 0.6 is 0 Å². The number of aryl methyl sites for hydroxylation is 1. The van der Waals surface area contributed by atoms with Gasteiger partial charge in [-0.25, -0.2) is 4.39 Å². The molecule has 0 aliphatic heterocycles. The molecule has 19 heavy (non-hydrogen) atoms. The highest BCUT2D eigenvalue weighted by Gasteiger charge is 2.41. The lowest BCUT2D eigenvalue weighted by Crippen LogP contribution is -2.22. The highest BCUT2D eigenvalue weighted by molar-refractivity contribution is 5.83. The third-order valence-corrected chi connectivity index (χ3v) is 3.70. The van der Waals surface area contributed by atoms with Crippen molar-refractivity contribution in [2.24, 2.45) is 13.0 Å². The lowest BCUT2D eigenvalue weighted by atomic mass is 10.0. The minimum Gasteiger partial charge on any atom is -0.356 e. The van der Waals surface area contributed by atoms with E-state index >= 15 is 0 Å². The lowest BCUT2D eigenvalue weighted by Gasteiger charge is -2.05. The van der Waals surface area contributed by atoms with Gasteiger partial charge in [-0.05, 0) is 30.4 Å². The Morgan fingerprint density at radius 3 is 3.11 bits per heavy atom. The molecule has 0 bridgehead atoms. The number of aromatic nitrogens is 2. The van der Waals surface area contributed by atoms with Gasteiger partial charge in [0.1, 0.15) is 5.82 Å². The van der Waals surface area contributed by atoms with Crippen LogP contribution in [0.25, 0.3) is 10.9 Å². The highest BCUT2D eigenvalue weighted by atomic mass is 19.1. The van der Waals surface area contributed by atoms with Crippen LogP contribution in [0.1, 0.15) is 24.8 Å². The first-order valence-electron chi connectivity index (χ1n) is 6.42. The van der Waals surface area contributed by atoms with Crippen molar-refractivity contribution in [2.45, 2.75) is 19.3 Å². The third kappa shape index (κ3) is 2.20. The average Bonchev–Trinajstić information content (AvgIpc) is 3.00. The second kappa shape index (κ2) is 4.33. The fourth-order valence-electron chi connectivity index (χ4n) is 2.69. The van der Waals surface area contributed by atoms with Gasteiger partial charge in [0.2, 0.25) is 5.91 Å². The molecule has 1 aromatic carbocycles. The van der Waals surface area contributed by atoms with Crippen LogP contribution in [0.2, 0.25) is 0 Å². The van der Waals surface area contributed by atoms with E-state index in [1.54, 1.807) is 10.7 Å². The molecule has 1 N–H and O–H groups in total. The van der Waals surface area contributed by atoms with Crippen molar-refractivity contribution in [3.05, 3.63) is 29.7 Å². The van der Waals surface area contributed by atoms with E-state index in [1.165, 1.54) is 13.0 Å². The van der Waals surface area contributed by atoms with E-state index in [-0.39, 0.29) is 17.6 Å². The van der Waals surface area contributed by atoms with E-state index in [0.717, 1.165) is 22.9 Å². The zero-order valence-electron chi connectivity index (χ0n) is 11.0. The maximum absolute atomic E-state index is 14.1. The summed E-state index contributed by atoms with van der Waals surface area (Å²) in [6.45, 7) is 2.12. The molecule has 100 valence electrons. The molecule has 3 rings (SSSR count). The molecule has 1 aliphatic rings. The molecule has 1 heterocycles. The van der Waals surface area contributed by atoms with Gasteiger partial charge in [-0.15, -0.1) is 0 Å². The Bertz CT molecular complexity index is 649. The quantitative estimate of drug-likeness (QED) is 0.918. The number of nitrogens with one attached hydrogen (secondary N) is 1. The second-order valence-corrected chi connectivity index (χ2v) is 5.24. The normalized spacial score (nSPS) is 21.6. The van der Waals surface area contributed by atoms with Crippen molar-refractivity contribution in [3.8, 4) is 0 Å². The van der Waals surface area contributed by atoms with Gasteiger partial charge in [0, 0.05) is 37.7 Å². The molecule has 2 aromatic rings. The van der Waals surface area contributed by atoms with E-state index in [9.17, 15) is 9.18 Å². The van der Waals surface area contributed by atoms with Crippen LogP contribution in [0.5, 0.6) is 0 Å². The van der Waals surface area contributed by atoms with Crippen molar-refractivity contribution >= 4 is 16.8 Å². The van der Waals surface area contributed by atoms with E-state index in [4.69, 9.17) is 0 Å². The molecule has 4 nitrogen and oxygen atoms in total. The minimum atomic E-state index is -0.171. The first-order chi connectivity index (χ1) is 9.06. The fraction of sp³-hybridized carbons (Fsp3) is 0.429. The van der Waals surface area contributed by atoms with Crippen LogP contribution in [0.4, 0.5) is 4.39 Å². The number of fused-ring (bicyclic) bond motifs is 1. The Balaban J connectivity index is 1.89. The Labute approximate surface area is 110 Å². The number of hydrogen-bond donors (Lipinski definition) is 1. The van der Waals surface area contributed by atoms with E-state index in [1.807, 2.05) is 13.2 Å². The van der Waals surface area contributed by atoms with Gasteiger partial charge in [-0.3, -0.25) is 9.48 Å². The van der Waals surface area contributed by atoms with Gasteiger partial charge in [-0.2, -0.15) is 5.10 Å². The lowest BCUT2D eigenvalue weighted by molar-refractivity contribution is -0.119. The first kappa shape index (κ1) is 12.1. The smallest absolute Gasteiger partial charge is 0.216 e. The largest absolute Gasteiger partial charge is 0.356 e. The Kier molecular flexibility index (Phi) is 2.77. The molecule has 1 amide bonds. The third-order valence-electron chi connectivity index (χ3n) is 3.70. The number of benzene rings is 1. The van der Waals surface area contributed by atoms with Crippen LogP contribution in [0.15, 0.2) is 18.3 Å². The zero-order chi connectivity index (χ0) is 13.6. The summed E-state index contributed by atoms with van der Waals surface area (Å²) in [5, 5.41) is 7.99. The number of nitrogens with zero attached hydrogens (tertiary/aromatic N) is 2. The number of rotatable bonds is 3. The van der Waals surface area contributed by atoms with Crippen LogP contribution < -0.4 is 5.32 Å². The maximum atomic E-state index is 14.1. The highest BCUT2D eigenvalue weighted by Crippen LogP contribution is 2.49. The van der Waals surface area contributed by atoms with Gasteiger partial charge in [0.25, 0.3) is 0 Å². The summed E-state index contributed by atoms with van der Waals surface area (Å²) in [5.74, 6) is 0.325. The molecule has 0 saturated heterocycles. The minimum absolute atomic E-state index is 0.0364. The molecule has 0 radical (unpaired) electrons. The van der Waals surface area contributed by atoms with Crippen molar-refractivity contribution in [2.75, 3.05) is 6.54 Å². The summed E-state index contributed by atoms with van der Waals surface area (Å²) in [6.07, 6.45) is 2.78. The fourth-order valence-corrected chi connectivity index (χ4v) is 2.69. The Morgan fingerprint density at radius 1 is 1.58 bits per heavy atom. The van der Waals surface area contributed by atoms with Gasteiger partial charge < -0.3 is 5.32 Å². The summed E-state index contributed by atoms with van der Waals surface area (Å²) in [7, 11) is 1.84. The number of carbonyl (C=O) groups excluding carboxylic acids is 1. The van der Waals surface area contributed by atoms with Crippen molar-refractivity contribution in [1.29, 1.82) is 0 Å². The molecule has 1 fully saturated rings. The molecular weight excluding hydrogens is 245 g/mol. The van der Waals surface area contributed by atoms with E-state index in [2.05, 4.69) is 10.4 Å². The molecular formula is C14H16FN3O. The summed E-state index contributed by atoms with van der Waals surface area (Å²) in [5.41, 5.74) is 1.57. The average molecular weight is 261 g/mol. The molecule has 0 unspecified atom stereocenters. The molecule has 2 atom stereocenters. The van der Waals surface area contributed by atoms with Gasteiger partial charge in [0.05, 0.1) is 5.52 Å². The standard InChI is InChI=1S/C14H16FN3O/c1-8(19)16-6-9-5-10(9)14-11-7-18(2)17-13(11)4-3-12(14)15/h3-4,7,9-10H,5-6H2,1-2H3,(H,16,19)/t9-,10+/m0/s1. The SMILES string of the molecule is CC(=O)NC[C@@H]1C[C@H]1c1c(F)ccc2nn(C)cc12. The van der Waals surface area contributed by atoms with Crippen molar-refractivity contribution in [3.63, 3.8) is 0 Å². The Morgan fingerprint density at radius 2 is 2.37 bits per heavy atom. The second-order valence-electron chi connectivity index (χ2n) is 5.24. The van der Waals surface area contributed by atoms with Gasteiger partial charge >= 0.3 is 0 Å². The van der Waals surface area contributed by atoms with Crippen LogP contribution in [-0.4, -0.2) is 22.2 Å². The molecule has 1 aromatic heterocycles. The number of amides is 1. The molecule has 5 heteroatoms. The van der Waals surface area contributed by atoms with Crippen molar-refractivity contribution < 1.29 is 9.18 Å². The predicted octanol–water partition coefficient (Wildman–Crippen LogP) is 1.95. The van der Waals surface area contributed by atoms with E-state index < -0.39 is 0 Å². The number of carbonyl (C=O) groups is 1. The molecule has 1 saturated carbocycles. The molecule has 1 aliphatic carbocycles. The van der Waals surface area contributed by atoms with Gasteiger partial charge in [-0.1, -0.05) is 0 Å². The van der Waals surface area contributed by atoms with Crippen LogP contribution in [-0.2, 0) is 11.8 Å². The summed E-state index contributed by atoms with van der Waals surface area (Å²) in [6, 6.07) is 3.19. The Hall–Kier alpha value is -1.91. The maximum Gasteiger partial charge on any atom is 0.216 e. The predicted molar refractivity (Wildman–Crippen MR) is 70.2 cm³/mol.